The van der Waals surface area contributed by atoms with Crippen LogP contribution in [0.5, 0.6) is 0 Å². The lowest BCUT2D eigenvalue weighted by molar-refractivity contribution is 0.598. The molecule has 1 aromatic rings. The van der Waals surface area contributed by atoms with E-state index in [2.05, 4.69) is 43.4 Å². The minimum atomic E-state index is -2.85. The van der Waals surface area contributed by atoms with Crippen LogP contribution in [0.15, 0.2) is 29.2 Å². The van der Waals surface area contributed by atoms with Gasteiger partial charge < -0.3 is 5.32 Å². The van der Waals surface area contributed by atoms with Gasteiger partial charge in [0.1, 0.15) is 9.84 Å². The van der Waals surface area contributed by atoms with Gasteiger partial charge in [0.2, 0.25) is 0 Å². The molecule has 102 valence electrons. The maximum atomic E-state index is 11.0. The molecule has 0 fully saturated rings. The van der Waals surface area contributed by atoms with Gasteiger partial charge in [-0.3, -0.25) is 0 Å². The van der Waals surface area contributed by atoms with Crippen molar-refractivity contribution in [3.8, 4) is 0 Å². The second-order valence-electron chi connectivity index (χ2n) is 4.33. The summed E-state index contributed by atoms with van der Waals surface area (Å²) < 4.78 is 22.0. The van der Waals surface area contributed by atoms with Crippen molar-refractivity contribution in [1.29, 1.82) is 0 Å². The molecule has 1 N–H and O–H groups in total. The van der Waals surface area contributed by atoms with Crippen molar-refractivity contribution in [2.75, 3.05) is 24.3 Å². The summed E-state index contributed by atoms with van der Waals surface area (Å²) in [5.74, 6) is 0.841. The molecule has 0 radical (unpaired) electrons. The fraction of sp³-hybridized carbons (Fsp3) is 0.538. The molecule has 0 aliphatic rings. The van der Waals surface area contributed by atoms with Crippen LogP contribution in [-0.4, -0.2) is 32.7 Å². The number of sulfone groups is 1. The summed E-state index contributed by atoms with van der Waals surface area (Å²) in [4.78, 5) is 1.12. The Morgan fingerprint density at radius 1 is 1.28 bits per heavy atom. The van der Waals surface area contributed by atoms with Crippen LogP contribution in [0.25, 0.3) is 0 Å². The minimum Gasteiger partial charge on any atom is -0.310 e. The van der Waals surface area contributed by atoms with E-state index in [0.717, 1.165) is 11.4 Å². The van der Waals surface area contributed by atoms with E-state index in [9.17, 15) is 8.42 Å². The fourth-order valence-electron chi connectivity index (χ4n) is 1.59. The number of rotatable bonds is 7. The van der Waals surface area contributed by atoms with Crippen LogP contribution < -0.4 is 5.32 Å². The fourth-order valence-corrected chi connectivity index (χ4v) is 3.70. The molecule has 0 spiro atoms. The second-order valence-corrected chi connectivity index (χ2v) is 7.75. The van der Waals surface area contributed by atoms with Gasteiger partial charge in [0, 0.05) is 22.9 Å². The molecular formula is C13H21NO2S2. The predicted molar refractivity (Wildman–Crippen MR) is 79.0 cm³/mol. The molecule has 0 aromatic heterocycles. The lowest BCUT2D eigenvalue weighted by Gasteiger charge is -2.12. The van der Waals surface area contributed by atoms with Crippen molar-refractivity contribution in [3.63, 3.8) is 0 Å². The molecule has 0 saturated heterocycles. The number of thioether (sulfide) groups is 1. The highest BCUT2D eigenvalue weighted by Crippen LogP contribution is 2.21. The zero-order chi connectivity index (χ0) is 13.6. The van der Waals surface area contributed by atoms with Crippen LogP contribution in [0.2, 0.25) is 0 Å². The van der Waals surface area contributed by atoms with Crippen LogP contribution in [0.3, 0.4) is 0 Å². The first-order chi connectivity index (χ1) is 8.42. The Hall–Kier alpha value is -0.520. The summed E-state index contributed by atoms with van der Waals surface area (Å²) in [6, 6.07) is 8.64. The topological polar surface area (TPSA) is 46.2 Å². The molecule has 18 heavy (non-hydrogen) atoms. The molecule has 3 nitrogen and oxygen atoms in total. The Bertz CT molecular complexity index is 454. The summed E-state index contributed by atoms with van der Waals surface area (Å²) in [6.07, 6.45) is 1.27. The third kappa shape index (κ3) is 5.89. The molecule has 5 heteroatoms. The molecule has 1 aromatic carbocycles. The van der Waals surface area contributed by atoms with Crippen molar-refractivity contribution in [2.45, 2.75) is 24.8 Å². The van der Waals surface area contributed by atoms with Crippen molar-refractivity contribution >= 4 is 21.6 Å². The summed E-state index contributed by atoms with van der Waals surface area (Å²) in [7, 11) is -2.85. The summed E-state index contributed by atoms with van der Waals surface area (Å²) >= 11 is 1.58. The Balaban J connectivity index is 2.50. The summed E-state index contributed by atoms with van der Waals surface area (Å²) in [5, 5.41) is 3.36. The Morgan fingerprint density at radius 3 is 2.39 bits per heavy atom. The van der Waals surface area contributed by atoms with Gasteiger partial charge in [0.05, 0.1) is 5.75 Å². The molecule has 0 aliphatic heterocycles. The number of benzene rings is 1. The Labute approximate surface area is 114 Å². The van der Waals surface area contributed by atoms with E-state index >= 15 is 0 Å². The average molecular weight is 287 g/mol. The zero-order valence-electron chi connectivity index (χ0n) is 11.1. The van der Waals surface area contributed by atoms with Crippen LogP contribution in [0.1, 0.15) is 25.5 Å². The smallest absolute Gasteiger partial charge is 0.148 e. The highest BCUT2D eigenvalue weighted by Gasteiger charge is 2.05. The van der Waals surface area contributed by atoms with Gasteiger partial charge in [-0.25, -0.2) is 8.42 Å². The van der Waals surface area contributed by atoms with Crippen LogP contribution in [-0.2, 0) is 9.84 Å². The van der Waals surface area contributed by atoms with E-state index in [1.54, 1.807) is 11.8 Å². The molecule has 1 atom stereocenters. The number of nitrogens with one attached hydrogen (secondary N) is 1. The Kier molecular flexibility index (Phi) is 6.18. The average Bonchev–Trinajstić information content (AvgIpc) is 2.28. The quantitative estimate of drug-likeness (QED) is 0.783. The van der Waals surface area contributed by atoms with Gasteiger partial charge in [-0.05, 0) is 31.2 Å². The maximum Gasteiger partial charge on any atom is 0.148 e. The number of hydrogen-bond donors (Lipinski definition) is 1. The van der Waals surface area contributed by atoms with Crippen molar-refractivity contribution in [1.82, 2.24) is 5.32 Å². The lowest BCUT2D eigenvalue weighted by atomic mass is 10.1. The van der Waals surface area contributed by atoms with Crippen LogP contribution in [0, 0.1) is 0 Å². The summed E-state index contributed by atoms with van der Waals surface area (Å²) in [6.45, 7) is 5.17. The largest absolute Gasteiger partial charge is 0.310 e. The molecule has 0 aliphatic carbocycles. The molecule has 0 bridgehead atoms. The first-order valence-corrected chi connectivity index (χ1v) is 9.11. The predicted octanol–water partition coefficient (Wildman–Crippen LogP) is 2.49. The lowest BCUT2D eigenvalue weighted by Crippen LogP contribution is -2.17. The highest BCUT2D eigenvalue weighted by molar-refractivity contribution is 8.00. The van der Waals surface area contributed by atoms with E-state index in [4.69, 9.17) is 0 Å². The third-order valence-corrected chi connectivity index (χ3v) is 4.83. The maximum absolute atomic E-state index is 11.0. The molecule has 0 amide bonds. The van der Waals surface area contributed by atoms with Gasteiger partial charge in [0.15, 0.2) is 0 Å². The molecule has 1 unspecified atom stereocenters. The monoisotopic (exact) mass is 287 g/mol. The van der Waals surface area contributed by atoms with E-state index in [1.807, 2.05) is 0 Å². The highest BCUT2D eigenvalue weighted by atomic mass is 32.2. The SMILES string of the molecule is CCNC(C)c1ccc(SCCS(C)(=O)=O)cc1. The molecular weight excluding hydrogens is 266 g/mol. The minimum absolute atomic E-state index is 0.229. The van der Waals surface area contributed by atoms with Crippen molar-refractivity contribution in [2.24, 2.45) is 0 Å². The van der Waals surface area contributed by atoms with Gasteiger partial charge in [0.25, 0.3) is 0 Å². The van der Waals surface area contributed by atoms with Crippen molar-refractivity contribution < 1.29 is 8.42 Å². The third-order valence-electron chi connectivity index (χ3n) is 2.61. The van der Waals surface area contributed by atoms with E-state index in [-0.39, 0.29) is 5.75 Å². The molecule has 0 saturated carbocycles. The van der Waals surface area contributed by atoms with Gasteiger partial charge >= 0.3 is 0 Å². The van der Waals surface area contributed by atoms with Gasteiger partial charge in [-0.15, -0.1) is 11.8 Å². The van der Waals surface area contributed by atoms with E-state index in [0.29, 0.717) is 11.8 Å². The van der Waals surface area contributed by atoms with Crippen LogP contribution in [0.4, 0.5) is 0 Å². The normalized spacial score (nSPS) is 13.5. The Morgan fingerprint density at radius 2 is 1.89 bits per heavy atom. The standard InChI is InChI=1S/C13H21NO2S2/c1-4-14-11(2)12-5-7-13(8-6-12)17-9-10-18(3,15)16/h5-8,11,14H,4,9-10H2,1-3H3. The number of hydrogen-bond acceptors (Lipinski definition) is 4. The van der Waals surface area contributed by atoms with Gasteiger partial charge in [-0.2, -0.15) is 0 Å². The van der Waals surface area contributed by atoms with Crippen molar-refractivity contribution in [3.05, 3.63) is 29.8 Å². The van der Waals surface area contributed by atoms with E-state index < -0.39 is 9.84 Å². The summed E-state index contributed by atoms with van der Waals surface area (Å²) in [5.41, 5.74) is 1.25. The van der Waals surface area contributed by atoms with Crippen LogP contribution >= 0.6 is 11.8 Å². The zero-order valence-corrected chi connectivity index (χ0v) is 12.8. The van der Waals surface area contributed by atoms with E-state index in [1.165, 1.54) is 11.8 Å². The van der Waals surface area contributed by atoms with Gasteiger partial charge in [-0.1, -0.05) is 19.1 Å². The molecule has 0 heterocycles. The first-order valence-electron chi connectivity index (χ1n) is 6.06. The second kappa shape index (κ2) is 7.16. The molecule has 1 rings (SSSR count). The first kappa shape index (κ1) is 15.5.